The predicted octanol–water partition coefficient (Wildman–Crippen LogP) is 2.07. The Balaban J connectivity index is 1.25. The molecule has 3 atom stereocenters. The van der Waals surface area contributed by atoms with Crippen LogP contribution in [0.25, 0.3) is 11.0 Å². The number of likely N-dealkylation sites (tertiary alicyclic amines) is 2. The van der Waals surface area contributed by atoms with Gasteiger partial charge < -0.3 is 25.6 Å². The average molecular weight is 562 g/mol. The SMILES string of the molecule is COc1ccc(C[C@@H]2C[C@@H](C(=O)CCc3ccc4c(c3)nnn4C)N(C(=O)[C@H](N)CNC(=O)N3CCCC3)C2)cc1. The molecule has 2 fully saturated rings. The number of urea groups is 1. The number of Topliss-reactive ketones (excluding diaryl/α,β-unsaturated/α-hetero) is 1. The summed E-state index contributed by atoms with van der Waals surface area (Å²) in [5, 5.41) is 11.0. The van der Waals surface area contributed by atoms with Crippen LogP contribution in [0.3, 0.4) is 0 Å². The molecule has 0 saturated carbocycles. The van der Waals surface area contributed by atoms with Gasteiger partial charge in [0.25, 0.3) is 0 Å². The van der Waals surface area contributed by atoms with Gasteiger partial charge in [0.2, 0.25) is 5.91 Å². The molecule has 11 heteroatoms. The molecule has 3 aromatic rings. The Morgan fingerprint density at radius 2 is 1.83 bits per heavy atom. The van der Waals surface area contributed by atoms with E-state index >= 15 is 0 Å². The number of carbonyl (C=O) groups excluding carboxylic acids is 3. The summed E-state index contributed by atoms with van der Waals surface area (Å²) in [6, 6.07) is 12.1. The maximum Gasteiger partial charge on any atom is 0.317 e. The van der Waals surface area contributed by atoms with E-state index in [1.807, 2.05) is 49.5 Å². The molecule has 11 nitrogen and oxygen atoms in total. The van der Waals surface area contributed by atoms with Crippen LogP contribution in [0.1, 0.15) is 36.8 Å². The maximum atomic E-state index is 13.6. The van der Waals surface area contributed by atoms with Crippen molar-refractivity contribution >= 4 is 28.8 Å². The smallest absolute Gasteiger partial charge is 0.317 e. The summed E-state index contributed by atoms with van der Waals surface area (Å²) in [7, 11) is 3.48. The Hall–Kier alpha value is -3.99. The third-order valence-corrected chi connectivity index (χ3v) is 8.24. The molecule has 0 aliphatic carbocycles. The van der Waals surface area contributed by atoms with E-state index in [2.05, 4.69) is 15.6 Å². The van der Waals surface area contributed by atoms with Crippen molar-refractivity contribution in [1.82, 2.24) is 30.1 Å². The molecule has 2 aliphatic rings. The van der Waals surface area contributed by atoms with Gasteiger partial charge in [0.05, 0.1) is 18.7 Å². The molecule has 0 spiro atoms. The van der Waals surface area contributed by atoms with Crippen LogP contribution >= 0.6 is 0 Å². The van der Waals surface area contributed by atoms with Gasteiger partial charge in [0, 0.05) is 39.6 Å². The number of hydrogen-bond donors (Lipinski definition) is 2. The van der Waals surface area contributed by atoms with E-state index in [1.165, 1.54) is 0 Å². The first kappa shape index (κ1) is 28.5. The first-order chi connectivity index (χ1) is 19.8. The third-order valence-electron chi connectivity index (χ3n) is 8.24. The standard InChI is InChI=1S/C30H39N7O4/c1-35-26-11-7-21(16-25(26)33-34-35)8-12-28(38)27-17-22(15-20-5-9-23(41-2)10-6-20)19-37(27)29(39)24(31)18-32-30(40)36-13-3-4-14-36/h5-7,9-11,16,22,24,27H,3-4,8,12-15,17-19,31H2,1-2H3,(H,32,40)/t22-,24-,27+/m1/s1. The summed E-state index contributed by atoms with van der Waals surface area (Å²) < 4.78 is 6.98. The van der Waals surface area contributed by atoms with Crippen LogP contribution in [0.5, 0.6) is 5.75 Å². The Morgan fingerprint density at radius 3 is 2.56 bits per heavy atom. The number of methoxy groups -OCH3 is 1. The van der Waals surface area contributed by atoms with Crippen LogP contribution in [0, 0.1) is 5.92 Å². The summed E-state index contributed by atoms with van der Waals surface area (Å²) in [6.07, 6.45) is 4.13. The molecular formula is C30H39N7O4. The molecule has 0 unspecified atom stereocenters. The number of nitrogens with one attached hydrogen (secondary N) is 1. The molecular weight excluding hydrogens is 522 g/mol. The van der Waals surface area contributed by atoms with Crippen LogP contribution in [0.15, 0.2) is 42.5 Å². The van der Waals surface area contributed by atoms with Crippen LogP contribution in [-0.2, 0) is 29.5 Å². The van der Waals surface area contributed by atoms with Crippen molar-refractivity contribution in [3.05, 3.63) is 53.6 Å². The molecule has 0 bridgehead atoms. The Labute approximate surface area is 240 Å². The lowest BCUT2D eigenvalue weighted by molar-refractivity contribution is -0.138. The quantitative estimate of drug-likeness (QED) is 0.387. The highest BCUT2D eigenvalue weighted by Crippen LogP contribution is 2.29. The van der Waals surface area contributed by atoms with E-state index in [4.69, 9.17) is 10.5 Å². The molecule has 5 rings (SSSR count). The van der Waals surface area contributed by atoms with Gasteiger partial charge in [-0.25, -0.2) is 9.48 Å². The molecule has 3 heterocycles. The highest BCUT2D eigenvalue weighted by molar-refractivity contribution is 5.92. The van der Waals surface area contributed by atoms with Gasteiger partial charge in [-0.1, -0.05) is 23.4 Å². The van der Waals surface area contributed by atoms with Crippen molar-refractivity contribution in [2.75, 3.05) is 33.3 Å². The summed E-state index contributed by atoms with van der Waals surface area (Å²) in [6.45, 7) is 1.91. The van der Waals surface area contributed by atoms with Crippen molar-refractivity contribution in [3.63, 3.8) is 0 Å². The molecule has 2 aromatic carbocycles. The van der Waals surface area contributed by atoms with Crippen molar-refractivity contribution in [1.29, 1.82) is 0 Å². The number of aromatic nitrogens is 3. The second-order valence-electron chi connectivity index (χ2n) is 11.1. The molecule has 218 valence electrons. The van der Waals surface area contributed by atoms with E-state index in [1.54, 1.807) is 21.6 Å². The summed E-state index contributed by atoms with van der Waals surface area (Å²) in [5.41, 5.74) is 10.1. The number of ether oxygens (including phenoxy) is 1. The van der Waals surface area contributed by atoms with Crippen molar-refractivity contribution < 1.29 is 19.1 Å². The van der Waals surface area contributed by atoms with Gasteiger partial charge in [-0.3, -0.25) is 9.59 Å². The van der Waals surface area contributed by atoms with E-state index in [0.29, 0.717) is 38.9 Å². The number of benzene rings is 2. The monoisotopic (exact) mass is 561 g/mol. The van der Waals surface area contributed by atoms with Crippen LogP contribution in [0.2, 0.25) is 0 Å². The van der Waals surface area contributed by atoms with Gasteiger partial charge in [-0.05, 0) is 73.4 Å². The number of rotatable bonds is 10. The zero-order valence-corrected chi connectivity index (χ0v) is 23.8. The van der Waals surface area contributed by atoms with Crippen molar-refractivity contribution in [2.45, 2.75) is 50.6 Å². The number of carbonyl (C=O) groups is 3. The second-order valence-corrected chi connectivity index (χ2v) is 11.1. The number of hydrogen-bond acceptors (Lipinski definition) is 7. The van der Waals surface area contributed by atoms with Crippen LogP contribution in [0.4, 0.5) is 4.79 Å². The number of amides is 3. The lowest BCUT2D eigenvalue weighted by atomic mass is 9.94. The van der Waals surface area contributed by atoms with E-state index in [0.717, 1.165) is 47.2 Å². The van der Waals surface area contributed by atoms with Crippen molar-refractivity contribution in [2.24, 2.45) is 18.7 Å². The highest BCUT2D eigenvalue weighted by atomic mass is 16.5. The van der Waals surface area contributed by atoms with Gasteiger partial charge in [-0.15, -0.1) is 5.10 Å². The molecule has 3 amide bonds. The average Bonchev–Trinajstić information content (AvgIpc) is 3.75. The van der Waals surface area contributed by atoms with E-state index in [-0.39, 0.29) is 30.2 Å². The molecule has 2 saturated heterocycles. The number of fused-ring (bicyclic) bond motifs is 1. The summed E-state index contributed by atoms with van der Waals surface area (Å²) >= 11 is 0. The largest absolute Gasteiger partial charge is 0.497 e. The minimum Gasteiger partial charge on any atom is -0.497 e. The first-order valence-electron chi connectivity index (χ1n) is 14.3. The predicted molar refractivity (Wildman–Crippen MR) is 154 cm³/mol. The fourth-order valence-corrected chi connectivity index (χ4v) is 5.92. The fraction of sp³-hybridized carbons (Fsp3) is 0.500. The topological polar surface area (TPSA) is 136 Å². The highest BCUT2D eigenvalue weighted by Gasteiger charge is 2.40. The van der Waals surface area contributed by atoms with Gasteiger partial charge in [-0.2, -0.15) is 0 Å². The Bertz CT molecular complexity index is 1380. The zero-order valence-electron chi connectivity index (χ0n) is 23.8. The van der Waals surface area contributed by atoms with Gasteiger partial charge in [0.1, 0.15) is 17.3 Å². The molecule has 3 N–H and O–H groups in total. The molecule has 0 radical (unpaired) electrons. The molecule has 1 aromatic heterocycles. The first-order valence-corrected chi connectivity index (χ1v) is 14.3. The minimum atomic E-state index is -0.921. The molecule has 2 aliphatic heterocycles. The second kappa shape index (κ2) is 12.7. The van der Waals surface area contributed by atoms with Gasteiger partial charge in [0.15, 0.2) is 5.78 Å². The number of nitrogens with zero attached hydrogens (tertiary/aromatic N) is 5. The number of ketones is 1. The molecule has 41 heavy (non-hydrogen) atoms. The van der Waals surface area contributed by atoms with Crippen molar-refractivity contribution in [3.8, 4) is 5.75 Å². The fourth-order valence-electron chi connectivity index (χ4n) is 5.92. The lowest BCUT2D eigenvalue weighted by Crippen LogP contribution is -2.53. The number of aryl methyl sites for hydroxylation is 2. The third kappa shape index (κ3) is 6.67. The van der Waals surface area contributed by atoms with Crippen LogP contribution in [-0.4, -0.2) is 87.9 Å². The Kier molecular flexibility index (Phi) is 8.82. The minimum absolute atomic E-state index is 0.0168. The summed E-state index contributed by atoms with van der Waals surface area (Å²) in [5.74, 6) is 0.613. The van der Waals surface area contributed by atoms with Crippen LogP contribution < -0.4 is 15.8 Å². The Morgan fingerprint density at radius 1 is 1.10 bits per heavy atom. The van der Waals surface area contributed by atoms with E-state index < -0.39 is 12.1 Å². The zero-order chi connectivity index (χ0) is 28.9. The van der Waals surface area contributed by atoms with E-state index in [9.17, 15) is 14.4 Å². The number of nitrogens with two attached hydrogens (primary N) is 1. The maximum absolute atomic E-state index is 13.6. The normalized spacial score (nSPS) is 19.5. The van der Waals surface area contributed by atoms with Gasteiger partial charge >= 0.3 is 6.03 Å². The lowest BCUT2D eigenvalue weighted by Gasteiger charge is -2.27. The summed E-state index contributed by atoms with van der Waals surface area (Å²) in [4.78, 5) is 43.0.